The van der Waals surface area contributed by atoms with E-state index in [-0.39, 0.29) is 5.41 Å². The van der Waals surface area contributed by atoms with Gasteiger partial charge in [0.15, 0.2) is 0 Å². The minimum absolute atomic E-state index is 0.114. The Balaban J connectivity index is 2.54. The number of ether oxygens (including phenoxy) is 1. The third kappa shape index (κ3) is 6.03. The number of hydrogen-bond acceptors (Lipinski definition) is 5. The summed E-state index contributed by atoms with van der Waals surface area (Å²) in [5.41, 5.74) is -0.114. The molecule has 0 saturated carbocycles. The van der Waals surface area contributed by atoms with Gasteiger partial charge in [-0.1, -0.05) is 32.4 Å². The quantitative estimate of drug-likeness (QED) is 0.784. The molecule has 6 heteroatoms. The summed E-state index contributed by atoms with van der Waals surface area (Å²) in [4.78, 5) is 11.0. The summed E-state index contributed by atoms with van der Waals surface area (Å²) in [5, 5.41) is 3.76. The third-order valence-corrected chi connectivity index (χ3v) is 3.04. The van der Waals surface area contributed by atoms with E-state index in [1.807, 2.05) is 0 Å². The first-order valence-electron chi connectivity index (χ1n) is 6.79. The molecule has 1 heterocycles. The summed E-state index contributed by atoms with van der Waals surface area (Å²) in [6.45, 7) is 9.58. The lowest BCUT2D eigenvalue weighted by molar-refractivity contribution is 0.163. The van der Waals surface area contributed by atoms with Gasteiger partial charge >= 0.3 is 0 Å². The van der Waals surface area contributed by atoms with Gasteiger partial charge < -0.3 is 15.0 Å². The second kappa shape index (κ2) is 7.76. The van der Waals surface area contributed by atoms with Gasteiger partial charge in [0.25, 0.3) is 0 Å². The first kappa shape index (κ1) is 17.1. The molecule has 5 nitrogen and oxygen atoms in total. The number of nitrogens with zero attached hydrogens (tertiary/aromatic N) is 3. The van der Waals surface area contributed by atoms with Gasteiger partial charge in [-0.3, -0.25) is 0 Å². The maximum atomic E-state index is 6.05. The van der Waals surface area contributed by atoms with Crippen molar-refractivity contribution in [3.05, 3.63) is 17.0 Å². The highest BCUT2D eigenvalue weighted by atomic mass is 35.5. The van der Waals surface area contributed by atoms with Gasteiger partial charge in [0.2, 0.25) is 0 Å². The van der Waals surface area contributed by atoms with E-state index in [0.29, 0.717) is 5.15 Å². The molecule has 0 unspecified atom stereocenters. The largest absolute Gasteiger partial charge is 0.383 e. The van der Waals surface area contributed by atoms with Crippen LogP contribution in [-0.2, 0) is 10.2 Å². The van der Waals surface area contributed by atoms with Gasteiger partial charge in [-0.15, -0.1) is 0 Å². The molecule has 0 bridgehead atoms. The van der Waals surface area contributed by atoms with Crippen molar-refractivity contribution in [2.75, 3.05) is 45.7 Å². The molecule has 0 saturated heterocycles. The van der Waals surface area contributed by atoms with E-state index >= 15 is 0 Å². The molecule has 1 aromatic heterocycles. The van der Waals surface area contributed by atoms with Crippen molar-refractivity contribution in [2.45, 2.75) is 26.2 Å². The molecule has 0 radical (unpaired) electrons. The highest BCUT2D eigenvalue weighted by Crippen LogP contribution is 2.22. The molecule has 0 amide bonds. The second-order valence-corrected chi connectivity index (χ2v) is 6.26. The van der Waals surface area contributed by atoms with Crippen molar-refractivity contribution in [1.29, 1.82) is 0 Å². The SMILES string of the molecule is COCCN(C)CCNc1cc(Cl)nc(C(C)(C)C)n1. The fraction of sp³-hybridized carbons (Fsp3) is 0.714. The fourth-order valence-electron chi connectivity index (χ4n) is 1.58. The van der Waals surface area contributed by atoms with Crippen LogP contribution in [0.25, 0.3) is 0 Å². The van der Waals surface area contributed by atoms with Crippen LogP contribution < -0.4 is 5.32 Å². The molecule has 1 N–H and O–H groups in total. The zero-order chi connectivity index (χ0) is 15.2. The van der Waals surface area contributed by atoms with Crippen molar-refractivity contribution in [1.82, 2.24) is 14.9 Å². The maximum absolute atomic E-state index is 6.05. The number of aromatic nitrogens is 2. The molecule has 0 aliphatic rings. The predicted octanol–water partition coefficient (Wildman–Crippen LogP) is 2.42. The molecule has 1 rings (SSSR count). The molecule has 1 aromatic rings. The third-order valence-electron chi connectivity index (χ3n) is 2.84. The van der Waals surface area contributed by atoms with Crippen LogP contribution in [0.2, 0.25) is 5.15 Å². The van der Waals surface area contributed by atoms with Crippen LogP contribution in [0.4, 0.5) is 5.82 Å². The van der Waals surface area contributed by atoms with Crippen molar-refractivity contribution in [3.63, 3.8) is 0 Å². The van der Waals surface area contributed by atoms with Crippen LogP contribution in [-0.4, -0.2) is 55.3 Å². The molecule has 114 valence electrons. The molecule has 0 aromatic carbocycles. The number of likely N-dealkylation sites (N-methyl/N-ethyl adjacent to an activating group) is 1. The highest BCUT2D eigenvalue weighted by Gasteiger charge is 2.18. The Morgan fingerprint density at radius 3 is 2.60 bits per heavy atom. The van der Waals surface area contributed by atoms with Gasteiger partial charge in [-0.05, 0) is 7.05 Å². The van der Waals surface area contributed by atoms with Crippen molar-refractivity contribution in [2.24, 2.45) is 0 Å². The average Bonchev–Trinajstić information content (AvgIpc) is 2.34. The predicted molar refractivity (Wildman–Crippen MR) is 83.6 cm³/mol. The van der Waals surface area contributed by atoms with E-state index in [0.717, 1.165) is 37.9 Å². The smallest absolute Gasteiger partial charge is 0.137 e. The van der Waals surface area contributed by atoms with Crippen LogP contribution >= 0.6 is 11.6 Å². The standard InChI is InChI=1S/C14H25ClN4O/c1-14(2,3)13-17-11(15)10-12(18-13)16-6-7-19(4)8-9-20-5/h10H,6-9H2,1-5H3,(H,16,17,18). The van der Waals surface area contributed by atoms with E-state index in [1.54, 1.807) is 13.2 Å². The Bertz CT molecular complexity index is 420. The van der Waals surface area contributed by atoms with E-state index in [4.69, 9.17) is 16.3 Å². The Morgan fingerprint density at radius 2 is 2.00 bits per heavy atom. The van der Waals surface area contributed by atoms with E-state index in [9.17, 15) is 0 Å². The lowest BCUT2D eigenvalue weighted by Gasteiger charge is -2.19. The molecule has 0 aliphatic carbocycles. The van der Waals surface area contributed by atoms with Crippen LogP contribution in [0.5, 0.6) is 0 Å². The summed E-state index contributed by atoms with van der Waals surface area (Å²) in [6.07, 6.45) is 0. The monoisotopic (exact) mass is 300 g/mol. The van der Waals surface area contributed by atoms with Crippen LogP contribution in [0.1, 0.15) is 26.6 Å². The average molecular weight is 301 g/mol. The van der Waals surface area contributed by atoms with E-state index in [1.165, 1.54) is 0 Å². The highest BCUT2D eigenvalue weighted by molar-refractivity contribution is 6.29. The van der Waals surface area contributed by atoms with Crippen molar-refractivity contribution >= 4 is 17.4 Å². The Kier molecular flexibility index (Phi) is 6.65. The van der Waals surface area contributed by atoms with Gasteiger partial charge in [-0.25, -0.2) is 9.97 Å². The van der Waals surface area contributed by atoms with Gasteiger partial charge in [0, 0.05) is 38.2 Å². The minimum Gasteiger partial charge on any atom is -0.383 e. The Labute approximate surface area is 126 Å². The maximum Gasteiger partial charge on any atom is 0.137 e. The Hall–Kier alpha value is -0.910. The topological polar surface area (TPSA) is 50.3 Å². The number of methoxy groups -OCH3 is 1. The minimum atomic E-state index is -0.114. The van der Waals surface area contributed by atoms with Gasteiger partial charge in [0.1, 0.15) is 16.8 Å². The summed E-state index contributed by atoms with van der Waals surface area (Å²) >= 11 is 6.05. The molecule has 0 atom stereocenters. The van der Waals surface area contributed by atoms with Crippen LogP contribution in [0.15, 0.2) is 6.07 Å². The van der Waals surface area contributed by atoms with Gasteiger partial charge in [0.05, 0.1) is 6.61 Å². The number of hydrogen-bond donors (Lipinski definition) is 1. The molecular formula is C14H25ClN4O. The lowest BCUT2D eigenvalue weighted by Crippen LogP contribution is -2.28. The number of nitrogens with one attached hydrogen (secondary N) is 1. The first-order valence-corrected chi connectivity index (χ1v) is 7.17. The number of anilines is 1. The molecule has 20 heavy (non-hydrogen) atoms. The molecule has 0 aliphatic heterocycles. The van der Waals surface area contributed by atoms with Gasteiger partial charge in [-0.2, -0.15) is 0 Å². The summed E-state index contributed by atoms with van der Waals surface area (Å²) < 4.78 is 5.05. The summed E-state index contributed by atoms with van der Waals surface area (Å²) in [6, 6.07) is 1.76. The number of rotatable bonds is 7. The lowest BCUT2D eigenvalue weighted by atomic mass is 9.96. The molecular weight excluding hydrogens is 276 g/mol. The first-order chi connectivity index (χ1) is 9.32. The summed E-state index contributed by atoms with van der Waals surface area (Å²) in [5.74, 6) is 1.52. The van der Waals surface area contributed by atoms with E-state index in [2.05, 4.69) is 48.0 Å². The van der Waals surface area contributed by atoms with Crippen LogP contribution in [0, 0.1) is 0 Å². The van der Waals surface area contributed by atoms with Crippen molar-refractivity contribution < 1.29 is 4.74 Å². The fourth-order valence-corrected chi connectivity index (χ4v) is 1.76. The number of halogens is 1. The van der Waals surface area contributed by atoms with Crippen molar-refractivity contribution in [3.8, 4) is 0 Å². The molecule has 0 spiro atoms. The molecule has 0 fully saturated rings. The normalized spacial score (nSPS) is 11.9. The van der Waals surface area contributed by atoms with E-state index < -0.39 is 0 Å². The zero-order valence-electron chi connectivity index (χ0n) is 13.0. The summed E-state index contributed by atoms with van der Waals surface area (Å²) in [7, 11) is 3.78. The Morgan fingerprint density at radius 1 is 1.30 bits per heavy atom. The second-order valence-electron chi connectivity index (χ2n) is 5.87. The zero-order valence-corrected chi connectivity index (χ0v) is 13.8. The van der Waals surface area contributed by atoms with Crippen LogP contribution in [0.3, 0.4) is 0 Å².